The Balaban J connectivity index is 5.43. The average Bonchev–Trinajstić information content (AvgIpc) is 2.61. The molecule has 0 aromatic heterocycles. The molecule has 0 saturated heterocycles. The van der Waals surface area contributed by atoms with Crippen LogP contribution in [0.15, 0.2) is 0 Å². The Bertz CT molecular complexity index is 666. The molecule has 5 unspecified atom stereocenters. The van der Waals surface area contributed by atoms with Crippen LogP contribution < -0.4 is 27.4 Å². The quantitative estimate of drug-likeness (QED) is 0.165. The van der Waals surface area contributed by atoms with E-state index >= 15 is 0 Å². The molecule has 0 aliphatic rings. The molecule has 0 aliphatic heterocycles. The SMILES string of the molecule is CC(C)CC(N)C(=O)NC(CC(N)=O)C(=O)NC(C(=O)NC(C(=O)O)C(C)C)C(C)O. The van der Waals surface area contributed by atoms with Gasteiger partial charge in [0.1, 0.15) is 18.1 Å². The third-order valence-corrected chi connectivity index (χ3v) is 4.39. The van der Waals surface area contributed by atoms with Crippen LogP contribution in [-0.4, -0.2) is 70.1 Å². The molecule has 9 N–H and O–H groups in total. The minimum absolute atomic E-state index is 0.107. The van der Waals surface area contributed by atoms with Crippen LogP contribution in [0.2, 0.25) is 0 Å². The second-order valence-corrected chi connectivity index (χ2v) is 8.26. The topological polar surface area (TPSA) is 214 Å². The van der Waals surface area contributed by atoms with E-state index < -0.39 is 72.2 Å². The number of hydrogen-bond acceptors (Lipinski definition) is 7. The van der Waals surface area contributed by atoms with Crippen molar-refractivity contribution in [3.05, 3.63) is 0 Å². The first-order valence-corrected chi connectivity index (χ1v) is 10.0. The summed E-state index contributed by atoms with van der Waals surface area (Å²) in [7, 11) is 0. The van der Waals surface area contributed by atoms with Crippen LogP contribution in [0.25, 0.3) is 0 Å². The Morgan fingerprint density at radius 3 is 1.74 bits per heavy atom. The van der Waals surface area contributed by atoms with Gasteiger partial charge in [0.05, 0.1) is 18.6 Å². The maximum atomic E-state index is 12.6. The Morgan fingerprint density at radius 2 is 1.35 bits per heavy atom. The number of carbonyl (C=O) groups excluding carboxylic acids is 4. The summed E-state index contributed by atoms with van der Waals surface area (Å²) in [6.07, 6.45) is -1.64. The highest BCUT2D eigenvalue weighted by atomic mass is 16.4. The van der Waals surface area contributed by atoms with Gasteiger partial charge in [0.15, 0.2) is 0 Å². The number of rotatable bonds is 13. The normalized spacial score (nSPS) is 16.0. The van der Waals surface area contributed by atoms with Crippen LogP contribution in [0.1, 0.15) is 47.5 Å². The molecule has 0 aromatic rings. The Kier molecular flexibility index (Phi) is 11.7. The van der Waals surface area contributed by atoms with Crippen molar-refractivity contribution in [1.82, 2.24) is 16.0 Å². The van der Waals surface area contributed by atoms with Gasteiger partial charge < -0.3 is 37.6 Å². The summed E-state index contributed by atoms with van der Waals surface area (Å²) in [5.74, 6) is -5.10. The van der Waals surface area contributed by atoms with Crippen LogP contribution in [0.5, 0.6) is 0 Å². The predicted octanol–water partition coefficient (Wildman–Crippen LogP) is -2.19. The average molecular weight is 446 g/mol. The standard InChI is InChI=1S/C19H35N5O7/c1-8(2)6-11(20)16(27)22-12(7-13(21)26)17(28)24-15(10(5)25)18(29)23-14(9(3)4)19(30)31/h8-12,14-15,25H,6-7,20H2,1-5H3,(H2,21,26)(H,22,27)(H,23,29)(H,24,28)(H,30,31). The molecular weight excluding hydrogens is 410 g/mol. The fourth-order valence-electron chi connectivity index (χ4n) is 2.72. The number of aliphatic hydroxyl groups is 1. The fraction of sp³-hybridized carbons (Fsp3) is 0.737. The summed E-state index contributed by atoms with van der Waals surface area (Å²) in [5.41, 5.74) is 10.9. The first-order valence-electron chi connectivity index (χ1n) is 10.0. The lowest BCUT2D eigenvalue weighted by Crippen LogP contribution is -2.60. The summed E-state index contributed by atoms with van der Waals surface area (Å²) < 4.78 is 0. The van der Waals surface area contributed by atoms with E-state index in [1.807, 2.05) is 13.8 Å². The number of carboxylic acids is 1. The highest BCUT2D eigenvalue weighted by Crippen LogP contribution is 2.06. The molecule has 0 saturated carbocycles. The number of aliphatic carboxylic acids is 1. The van der Waals surface area contributed by atoms with Gasteiger partial charge in [0, 0.05) is 0 Å². The lowest BCUT2D eigenvalue weighted by molar-refractivity contribution is -0.144. The lowest BCUT2D eigenvalue weighted by atomic mass is 10.0. The number of nitrogens with two attached hydrogens (primary N) is 2. The minimum atomic E-state index is -1.54. The molecule has 12 heteroatoms. The van der Waals surface area contributed by atoms with Gasteiger partial charge in [-0.15, -0.1) is 0 Å². The van der Waals surface area contributed by atoms with Crippen LogP contribution >= 0.6 is 0 Å². The van der Waals surface area contributed by atoms with Crippen LogP contribution in [-0.2, 0) is 24.0 Å². The summed E-state index contributed by atoms with van der Waals surface area (Å²) in [6, 6.07) is -5.15. The van der Waals surface area contributed by atoms with Gasteiger partial charge in [-0.2, -0.15) is 0 Å². The summed E-state index contributed by atoms with van der Waals surface area (Å²) in [4.78, 5) is 60.1. The van der Waals surface area contributed by atoms with Gasteiger partial charge in [-0.3, -0.25) is 19.2 Å². The number of carboxylic acid groups (broad SMARTS) is 1. The number of nitrogens with one attached hydrogen (secondary N) is 3. The summed E-state index contributed by atoms with van der Waals surface area (Å²) in [5, 5.41) is 26.0. The molecule has 178 valence electrons. The van der Waals surface area contributed by atoms with E-state index in [0.29, 0.717) is 6.42 Å². The summed E-state index contributed by atoms with van der Waals surface area (Å²) in [6.45, 7) is 8.08. The van der Waals surface area contributed by atoms with Gasteiger partial charge >= 0.3 is 5.97 Å². The first-order chi connectivity index (χ1) is 14.2. The number of hydrogen-bond donors (Lipinski definition) is 7. The van der Waals surface area contributed by atoms with E-state index in [4.69, 9.17) is 11.5 Å². The van der Waals surface area contributed by atoms with Crippen molar-refractivity contribution < 1.29 is 34.2 Å². The fourth-order valence-corrected chi connectivity index (χ4v) is 2.72. The molecular formula is C19H35N5O7. The molecule has 4 amide bonds. The smallest absolute Gasteiger partial charge is 0.326 e. The Morgan fingerprint density at radius 1 is 0.839 bits per heavy atom. The minimum Gasteiger partial charge on any atom is -0.480 e. The zero-order chi connectivity index (χ0) is 24.5. The molecule has 0 radical (unpaired) electrons. The maximum Gasteiger partial charge on any atom is 0.326 e. The summed E-state index contributed by atoms with van der Waals surface area (Å²) >= 11 is 0. The van der Waals surface area contributed by atoms with Crippen LogP contribution in [0.4, 0.5) is 0 Å². The van der Waals surface area contributed by atoms with E-state index in [-0.39, 0.29) is 5.92 Å². The number of aliphatic hydroxyl groups excluding tert-OH is 1. The van der Waals surface area contributed by atoms with Crippen LogP contribution in [0, 0.1) is 11.8 Å². The number of carbonyl (C=O) groups is 5. The highest BCUT2D eigenvalue weighted by Gasteiger charge is 2.34. The van der Waals surface area contributed by atoms with E-state index in [1.54, 1.807) is 13.8 Å². The van der Waals surface area contributed by atoms with E-state index in [9.17, 15) is 34.2 Å². The van der Waals surface area contributed by atoms with Gasteiger partial charge in [-0.05, 0) is 25.2 Å². The maximum absolute atomic E-state index is 12.6. The van der Waals surface area contributed by atoms with Gasteiger partial charge in [0.25, 0.3) is 0 Å². The molecule has 0 bridgehead atoms. The number of amides is 4. The third-order valence-electron chi connectivity index (χ3n) is 4.39. The van der Waals surface area contributed by atoms with Crippen molar-refractivity contribution in [2.75, 3.05) is 0 Å². The zero-order valence-electron chi connectivity index (χ0n) is 18.5. The van der Waals surface area contributed by atoms with E-state index in [2.05, 4.69) is 16.0 Å². The van der Waals surface area contributed by atoms with Crippen LogP contribution in [0.3, 0.4) is 0 Å². The molecule has 0 aromatic carbocycles. The Labute approximate surface area is 181 Å². The molecule has 0 fully saturated rings. The van der Waals surface area contributed by atoms with Gasteiger partial charge in [-0.1, -0.05) is 27.7 Å². The van der Waals surface area contributed by atoms with E-state index in [1.165, 1.54) is 6.92 Å². The van der Waals surface area contributed by atoms with Crippen molar-refractivity contribution in [3.63, 3.8) is 0 Å². The van der Waals surface area contributed by atoms with Gasteiger partial charge in [-0.25, -0.2) is 4.79 Å². The predicted molar refractivity (Wildman–Crippen MR) is 111 cm³/mol. The zero-order valence-corrected chi connectivity index (χ0v) is 18.5. The van der Waals surface area contributed by atoms with Crippen molar-refractivity contribution >= 4 is 29.6 Å². The van der Waals surface area contributed by atoms with E-state index in [0.717, 1.165) is 0 Å². The molecule has 5 atom stereocenters. The highest BCUT2D eigenvalue weighted by molar-refractivity contribution is 5.96. The second kappa shape index (κ2) is 12.8. The molecule has 31 heavy (non-hydrogen) atoms. The molecule has 0 heterocycles. The third kappa shape index (κ3) is 10.2. The van der Waals surface area contributed by atoms with Crippen molar-refractivity contribution in [2.24, 2.45) is 23.3 Å². The largest absolute Gasteiger partial charge is 0.480 e. The van der Waals surface area contributed by atoms with Crippen molar-refractivity contribution in [3.8, 4) is 0 Å². The molecule has 0 aliphatic carbocycles. The van der Waals surface area contributed by atoms with Gasteiger partial charge in [0.2, 0.25) is 23.6 Å². The molecule has 12 nitrogen and oxygen atoms in total. The van der Waals surface area contributed by atoms with Crippen molar-refractivity contribution in [1.29, 1.82) is 0 Å². The monoisotopic (exact) mass is 445 g/mol. The second-order valence-electron chi connectivity index (χ2n) is 8.26. The molecule has 0 rings (SSSR count). The van der Waals surface area contributed by atoms with Crippen molar-refractivity contribution in [2.45, 2.75) is 77.7 Å². The first kappa shape index (κ1) is 28.3. The Hall–Kier alpha value is -2.73. The number of primary amides is 1. The molecule has 0 spiro atoms. The lowest BCUT2D eigenvalue weighted by Gasteiger charge is -2.27.